The minimum absolute atomic E-state index is 0.214. The molecule has 0 saturated heterocycles. The third kappa shape index (κ3) is 3.45. The number of rotatable bonds is 5. The van der Waals surface area contributed by atoms with Crippen LogP contribution in [0.1, 0.15) is 16.4 Å². The Morgan fingerprint density at radius 3 is 2.57 bits per heavy atom. The van der Waals surface area contributed by atoms with Crippen LogP contribution in [0.25, 0.3) is 32.9 Å². The van der Waals surface area contributed by atoms with Crippen molar-refractivity contribution in [1.82, 2.24) is 15.0 Å². The van der Waals surface area contributed by atoms with E-state index >= 15 is 0 Å². The van der Waals surface area contributed by atoms with Crippen LogP contribution >= 0.6 is 11.3 Å². The topological polar surface area (TPSA) is 50.8 Å². The number of aromatic nitrogens is 3. The molecular formula is C25H17N3OS. The summed E-state index contributed by atoms with van der Waals surface area (Å²) in [7, 11) is 0. The summed E-state index contributed by atoms with van der Waals surface area (Å²) in [4.78, 5) is 13.1. The summed E-state index contributed by atoms with van der Waals surface area (Å²) < 4.78 is 6.88. The minimum Gasteiger partial charge on any atom is -0.480 e. The largest absolute Gasteiger partial charge is 0.480 e. The Labute approximate surface area is 177 Å². The zero-order valence-corrected chi connectivity index (χ0v) is 16.8. The first-order chi connectivity index (χ1) is 14.8. The van der Waals surface area contributed by atoms with Gasteiger partial charge in [-0.2, -0.15) is 0 Å². The molecule has 1 N–H and O–H groups in total. The maximum Gasteiger partial charge on any atom is 0.148 e. The zero-order chi connectivity index (χ0) is 20.3. The van der Waals surface area contributed by atoms with Crippen molar-refractivity contribution in [2.45, 2.75) is 0 Å². The average molecular weight is 407 g/mol. The molecule has 0 fully saturated rings. The molecular weight excluding hydrogens is 390 g/mol. The number of ether oxygens (including phenoxy) is 1. The second kappa shape index (κ2) is 7.86. The van der Waals surface area contributed by atoms with Crippen LogP contribution in [0.2, 0.25) is 0 Å². The summed E-state index contributed by atoms with van der Waals surface area (Å²) in [6, 6.07) is 23.9. The average Bonchev–Trinajstić information content (AvgIpc) is 3.40. The monoisotopic (exact) mass is 407 g/mol. The van der Waals surface area contributed by atoms with Crippen LogP contribution in [0.4, 0.5) is 0 Å². The van der Waals surface area contributed by atoms with Crippen molar-refractivity contribution in [3.8, 4) is 18.1 Å². The number of H-pyrrole nitrogens is 1. The number of hydrogen-bond donors (Lipinski definition) is 1. The Kier molecular flexibility index (Phi) is 4.76. The molecule has 144 valence electrons. The van der Waals surface area contributed by atoms with Crippen molar-refractivity contribution in [1.29, 1.82) is 0 Å². The fourth-order valence-corrected chi connectivity index (χ4v) is 4.29. The number of benzene rings is 3. The van der Waals surface area contributed by atoms with Crippen molar-refractivity contribution in [3.63, 3.8) is 0 Å². The highest BCUT2D eigenvalue weighted by molar-refractivity contribution is 7.19. The summed E-state index contributed by atoms with van der Waals surface area (Å²) in [5.74, 6) is 4.02. The van der Waals surface area contributed by atoms with Crippen molar-refractivity contribution in [3.05, 3.63) is 89.2 Å². The van der Waals surface area contributed by atoms with Crippen LogP contribution in [0.5, 0.6) is 5.75 Å². The Bertz CT molecular complexity index is 1280. The van der Waals surface area contributed by atoms with Gasteiger partial charge in [-0.1, -0.05) is 48.4 Å². The number of para-hydroxylation sites is 4. The molecule has 5 heteroatoms. The highest BCUT2D eigenvalue weighted by Crippen LogP contribution is 2.34. The summed E-state index contributed by atoms with van der Waals surface area (Å²) in [6.07, 6.45) is 7.44. The molecule has 0 aliphatic carbocycles. The van der Waals surface area contributed by atoms with E-state index in [0.29, 0.717) is 0 Å². The summed E-state index contributed by atoms with van der Waals surface area (Å²) >= 11 is 1.64. The number of imidazole rings is 1. The highest BCUT2D eigenvalue weighted by Gasteiger charge is 2.16. The first kappa shape index (κ1) is 18.2. The molecule has 0 atom stereocenters. The zero-order valence-electron chi connectivity index (χ0n) is 16.0. The van der Waals surface area contributed by atoms with Gasteiger partial charge in [0.2, 0.25) is 0 Å². The van der Waals surface area contributed by atoms with E-state index < -0.39 is 0 Å². The number of aromatic amines is 1. The lowest BCUT2D eigenvalue weighted by Gasteiger charge is -2.08. The van der Waals surface area contributed by atoms with Crippen molar-refractivity contribution < 1.29 is 4.74 Å². The van der Waals surface area contributed by atoms with Gasteiger partial charge in [-0.25, -0.2) is 9.97 Å². The normalized spacial score (nSPS) is 11.6. The second-order valence-electron chi connectivity index (χ2n) is 6.68. The maximum atomic E-state index is 5.75. The van der Waals surface area contributed by atoms with Gasteiger partial charge in [0, 0.05) is 5.56 Å². The van der Waals surface area contributed by atoms with E-state index in [4.69, 9.17) is 21.1 Å². The third-order valence-corrected chi connectivity index (χ3v) is 5.77. The molecule has 0 bridgehead atoms. The van der Waals surface area contributed by atoms with Gasteiger partial charge < -0.3 is 9.72 Å². The lowest BCUT2D eigenvalue weighted by molar-refractivity contribution is 0.369. The molecule has 5 rings (SSSR count). The molecule has 2 aromatic heterocycles. The molecule has 0 unspecified atom stereocenters. The van der Waals surface area contributed by atoms with E-state index in [1.54, 1.807) is 11.3 Å². The number of fused-ring (bicyclic) bond motifs is 2. The van der Waals surface area contributed by atoms with Crippen LogP contribution in [0, 0.1) is 12.3 Å². The fourth-order valence-electron chi connectivity index (χ4n) is 3.31. The lowest BCUT2D eigenvalue weighted by Crippen LogP contribution is -1.96. The Morgan fingerprint density at radius 2 is 1.73 bits per heavy atom. The van der Waals surface area contributed by atoms with E-state index in [1.165, 1.54) is 0 Å². The van der Waals surface area contributed by atoms with E-state index in [1.807, 2.05) is 66.7 Å². The molecule has 30 heavy (non-hydrogen) atoms. The van der Waals surface area contributed by atoms with E-state index in [-0.39, 0.29) is 6.61 Å². The highest BCUT2D eigenvalue weighted by atomic mass is 32.1. The first-order valence-electron chi connectivity index (χ1n) is 9.50. The van der Waals surface area contributed by atoms with Crippen LogP contribution in [-0.2, 0) is 0 Å². The second-order valence-corrected chi connectivity index (χ2v) is 7.71. The van der Waals surface area contributed by atoms with E-state index in [2.05, 4.69) is 23.0 Å². The van der Waals surface area contributed by atoms with Gasteiger partial charge in [-0.3, -0.25) is 0 Å². The van der Waals surface area contributed by atoms with Gasteiger partial charge in [0.05, 0.1) is 26.8 Å². The van der Waals surface area contributed by atoms with Gasteiger partial charge in [-0.15, -0.1) is 17.8 Å². The van der Waals surface area contributed by atoms with E-state index in [0.717, 1.165) is 49.0 Å². The van der Waals surface area contributed by atoms with Crippen molar-refractivity contribution in [2.24, 2.45) is 0 Å². The minimum atomic E-state index is 0.214. The molecule has 0 radical (unpaired) electrons. The molecule has 0 spiro atoms. The predicted molar refractivity (Wildman–Crippen MR) is 123 cm³/mol. The van der Waals surface area contributed by atoms with Crippen LogP contribution in [0.15, 0.2) is 72.8 Å². The molecule has 0 aliphatic rings. The van der Waals surface area contributed by atoms with Crippen LogP contribution in [0.3, 0.4) is 0 Å². The number of nitrogens with one attached hydrogen (secondary N) is 1. The summed E-state index contributed by atoms with van der Waals surface area (Å²) in [6.45, 7) is 0.214. The molecule has 4 nitrogen and oxygen atoms in total. The number of hydrogen-bond acceptors (Lipinski definition) is 4. The standard InChI is InChI=1S/C25H17N3OS/c1-2-15-29-22-13-7-3-9-17(22)16-18(24-26-19-10-4-5-11-20(19)27-24)25-28-21-12-6-8-14-23(21)30-25/h1,3-14,16H,15H2,(H,26,27)/b18-16+. The van der Waals surface area contributed by atoms with Crippen molar-refractivity contribution in [2.75, 3.05) is 6.61 Å². The molecule has 0 amide bonds. The van der Waals surface area contributed by atoms with Gasteiger partial charge in [-0.05, 0) is 36.4 Å². The first-order valence-corrected chi connectivity index (χ1v) is 10.3. The molecule has 0 aliphatic heterocycles. The van der Waals surface area contributed by atoms with Crippen molar-refractivity contribution >= 4 is 44.2 Å². The fraction of sp³-hybridized carbons (Fsp3) is 0.0400. The smallest absolute Gasteiger partial charge is 0.148 e. The third-order valence-electron chi connectivity index (χ3n) is 4.70. The van der Waals surface area contributed by atoms with Crippen LogP contribution in [-0.4, -0.2) is 21.6 Å². The summed E-state index contributed by atoms with van der Waals surface area (Å²) in [5, 5.41) is 0.891. The maximum absolute atomic E-state index is 5.75. The number of nitrogens with zero attached hydrogens (tertiary/aromatic N) is 2. The van der Waals surface area contributed by atoms with Gasteiger partial charge in [0.15, 0.2) is 0 Å². The predicted octanol–water partition coefficient (Wildman–Crippen LogP) is 5.77. The van der Waals surface area contributed by atoms with Gasteiger partial charge >= 0.3 is 0 Å². The Balaban J connectivity index is 1.70. The summed E-state index contributed by atoms with van der Waals surface area (Å²) in [5.41, 5.74) is 4.69. The van der Waals surface area contributed by atoms with Gasteiger partial charge in [0.25, 0.3) is 0 Å². The van der Waals surface area contributed by atoms with Crippen LogP contribution < -0.4 is 4.74 Å². The van der Waals surface area contributed by atoms with Gasteiger partial charge in [0.1, 0.15) is 23.2 Å². The molecule has 0 saturated carbocycles. The molecule has 5 aromatic rings. The SMILES string of the molecule is C#CCOc1ccccc1/C=C(\c1nc2ccccc2[nH]1)c1nc2ccccc2s1. The quantitative estimate of drug-likeness (QED) is 0.376. The Morgan fingerprint density at radius 1 is 0.967 bits per heavy atom. The molecule has 3 aromatic carbocycles. The Hall–Kier alpha value is -3.88. The molecule has 2 heterocycles. The number of terminal acetylenes is 1. The number of thiazole rings is 1. The van der Waals surface area contributed by atoms with E-state index in [9.17, 15) is 0 Å². The lowest BCUT2D eigenvalue weighted by atomic mass is 10.1.